The van der Waals surface area contributed by atoms with Crippen molar-refractivity contribution in [2.75, 3.05) is 0 Å². The van der Waals surface area contributed by atoms with Crippen molar-refractivity contribution in [3.63, 3.8) is 0 Å². The standard InChI is InChI=1S/C12H16Si/c1-13(2,3)12-8-7-10-5-4-6-11(10)9-12/h4-5,7-9H,6H2,1-3H3. The third-order valence-electron chi connectivity index (χ3n) is 2.64. The minimum atomic E-state index is -1.10. The van der Waals surface area contributed by atoms with E-state index in [-0.39, 0.29) is 0 Å². The number of rotatable bonds is 1. The van der Waals surface area contributed by atoms with Crippen molar-refractivity contribution in [2.45, 2.75) is 26.1 Å². The predicted octanol–water partition coefficient (Wildman–Crippen LogP) is 2.80. The van der Waals surface area contributed by atoms with Crippen LogP contribution in [0.15, 0.2) is 24.3 Å². The molecule has 1 aliphatic carbocycles. The maximum atomic E-state index is 2.40. The third kappa shape index (κ3) is 1.61. The maximum Gasteiger partial charge on any atom is 0.0776 e. The summed E-state index contributed by atoms with van der Waals surface area (Å²) in [6, 6.07) is 6.98. The molecule has 0 saturated carbocycles. The van der Waals surface area contributed by atoms with Crippen LogP contribution in [0.25, 0.3) is 6.08 Å². The fourth-order valence-corrected chi connectivity index (χ4v) is 2.92. The second-order valence-corrected chi connectivity index (χ2v) is 9.85. The summed E-state index contributed by atoms with van der Waals surface area (Å²) in [6.07, 6.45) is 5.61. The minimum Gasteiger partial charge on any atom is -0.0795 e. The molecule has 2 rings (SSSR count). The molecule has 0 saturated heterocycles. The van der Waals surface area contributed by atoms with Gasteiger partial charge in [0.1, 0.15) is 0 Å². The van der Waals surface area contributed by atoms with Crippen molar-refractivity contribution in [1.29, 1.82) is 0 Å². The molecule has 1 aliphatic rings. The predicted molar refractivity (Wildman–Crippen MR) is 62.2 cm³/mol. The first-order chi connectivity index (χ1) is 6.07. The number of fused-ring (bicyclic) bond motifs is 1. The van der Waals surface area contributed by atoms with E-state index < -0.39 is 8.07 Å². The van der Waals surface area contributed by atoms with Crippen LogP contribution < -0.4 is 5.19 Å². The monoisotopic (exact) mass is 188 g/mol. The number of hydrogen-bond donors (Lipinski definition) is 0. The van der Waals surface area contributed by atoms with Crippen molar-refractivity contribution < 1.29 is 0 Å². The van der Waals surface area contributed by atoms with Crippen molar-refractivity contribution >= 4 is 19.3 Å². The van der Waals surface area contributed by atoms with Crippen LogP contribution in [-0.4, -0.2) is 8.07 Å². The number of allylic oxidation sites excluding steroid dienone is 1. The zero-order valence-electron chi connectivity index (χ0n) is 8.59. The van der Waals surface area contributed by atoms with Gasteiger partial charge in [0.2, 0.25) is 0 Å². The lowest BCUT2D eigenvalue weighted by Gasteiger charge is -2.17. The first-order valence-electron chi connectivity index (χ1n) is 4.87. The van der Waals surface area contributed by atoms with Crippen LogP contribution in [0.5, 0.6) is 0 Å². The van der Waals surface area contributed by atoms with Gasteiger partial charge in [-0.25, -0.2) is 0 Å². The Balaban J connectivity index is 2.45. The highest BCUT2D eigenvalue weighted by atomic mass is 28.3. The second kappa shape index (κ2) is 2.84. The fourth-order valence-electron chi connectivity index (χ4n) is 1.72. The number of benzene rings is 1. The van der Waals surface area contributed by atoms with Crippen LogP contribution in [-0.2, 0) is 6.42 Å². The summed E-state index contributed by atoms with van der Waals surface area (Å²) in [5, 5.41) is 1.58. The molecule has 0 radical (unpaired) electrons. The van der Waals surface area contributed by atoms with Gasteiger partial charge in [0.25, 0.3) is 0 Å². The van der Waals surface area contributed by atoms with Gasteiger partial charge in [0.05, 0.1) is 8.07 Å². The molecule has 0 fully saturated rings. The quantitative estimate of drug-likeness (QED) is 0.595. The molecule has 68 valence electrons. The molecule has 1 aromatic carbocycles. The highest BCUT2D eigenvalue weighted by Gasteiger charge is 2.17. The van der Waals surface area contributed by atoms with E-state index in [2.05, 4.69) is 50.0 Å². The zero-order valence-corrected chi connectivity index (χ0v) is 9.59. The summed E-state index contributed by atoms with van der Waals surface area (Å²) in [6.45, 7) is 7.20. The van der Waals surface area contributed by atoms with Gasteiger partial charge in [-0.3, -0.25) is 0 Å². The Morgan fingerprint density at radius 2 is 1.92 bits per heavy atom. The van der Waals surface area contributed by atoms with Crippen LogP contribution in [0.4, 0.5) is 0 Å². The zero-order chi connectivity index (χ0) is 9.47. The van der Waals surface area contributed by atoms with E-state index >= 15 is 0 Å². The molecule has 0 aliphatic heterocycles. The Labute approximate surface area is 81.3 Å². The van der Waals surface area contributed by atoms with Crippen LogP contribution in [0.2, 0.25) is 19.6 Å². The minimum absolute atomic E-state index is 1.10. The topological polar surface area (TPSA) is 0 Å². The highest BCUT2D eigenvalue weighted by molar-refractivity contribution is 6.88. The van der Waals surface area contributed by atoms with Crippen LogP contribution in [0.1, 0.15) is 11.1 Å². The van der Waals surface area contributed by atoms with Gasteiger partial charge in [-0.15, -0.1) is 0 Å². The molecule has 1 aromatic rings. The van der Waals surface area contributed by atoms with Gasteiger partial charge in [-0.1, -0.05) is 55.2 Å². The van der Waals surface area contributed by atoms with E-state index in [1.54, 1.807) is 5.19 Å². The third-order valence-corrected chi connectivity index (χ3v) is 4.69. The average Bonchev–Trinajstić information content (AvgIpc) is 2.47. The van der Waals surface area contributed by atoms with Gasteiger partial charge >= 0.3 is 0 Å². The van der Waals surface area contributed by atoms with E-state index in [0.29, 0.717) is 0 Å². The molecule has 1 heteroatoms. The maximum absolute atomic E-state index is 2.40. The average molecular weight is 188 g/mol. The van der Waals surface area contributed by atoms with Gasteiger partial charge in [0.15, 0.2) is 0 Å². The normalized spacial score (nSPS) is 14.7. The summed E-state index contributed by atoms with van der Waals surface area (Å²) in [4.78, 5) is 0. The molecule has 0 bridgehead atoms. The Morgan fingerprint density at radius 3 is 2.62 bits per heavy atom. The molecule has 0 atom stereocenters. The molecule has 0 aromatic heterocycles. The number of hydrogen-bond acceptors (Lipinski definition) is 0. The summed E-state index contributed by atoms with van der Waals surface area (Å²) in [5.41, 5.74) is 2.93. The second-order valence-electron chi connectivity index (χ2n) is 4.77. The molecule has 0 unspecified atom stereocenters. The van der Waals surface area contributed by atoms with E-state index in [1.165, 1.54) is 11.1 Å². The van der Waals surface area contributed by atoms with Gasteiger partial charge in [0, 0.05) is 0 Å². The van der Waals surface area contributed by atoms with Crippen LogP contribution >= 0.6 is 0 Å². The molecular formula is C12H16Si. The first kappa shape index (κ1) is 8.76. The lowest BCUT2D eigenvalue weighted by Crippen LogP contribution is -2.37. The molecule has 0 heterocycles. The van der Waals surface area contributed by atoms with Crippen molar-refractivity contribution in [2.24, 2.45) is 0 Å². The van der Waals surface area contributed by atoms with Crippen LogP contribution in [0.3, 0.4) is 0 Å². The van der Waals surface area contributed by atoms with E-state index in [0.717, 1.165) is 6.42 Å². The molecular weight excluding hydrogens is 172 g/mol. The summed E-state index contributed by atoms with van der Waals surface area (Å²) in [5.74, 6) is 0. The lowest BCUT2D eigenvalue weighted by atomic mass is 10.1. The van der Waals surface area contributed by atoms with Crippen molar-refractivity contribution in [3.05, 3.63) is 35.4 Å². The van der Waals surface area contributed by atoms with Gasteiger partial charge in [-0.2, -0.15) is 0 Å². The Kier molecular flexibility index (Phi) is 1.92. The van der Waals surface area contributed by atoms with Crippen molar-refractivity contribution in [3.8, 4) is 0 Å². The fraction of sp³-hybridized carbons (Fsp3) is 0.333. The Bertz CT molecular complexity index is 356. The van der Waals surface area contributed by atoms with Gasteiger partial charge in [-0.05, 0) is 17.5 Å². The molecule has 0 nitrogen and oxygen atoms in total. The van der Waals surface area contributed by atoms with E-state index in [4.69, 9.17) is 0 Å². The summed E-state index contributed by atoms with van der Waals surface area (Å²) in [7, 11) is -1.10. The molecule has 0 N–H and O–H groups in total. The summed E-state index contributed by atoms with van der Waals surface area (Å²) >= 11 is 0. The van der Waals surface area contributed by atoms with E-state index in [1.807, 2.05) is 0 Å². The van der Waals surface area contributed by atoms with Crippen LogP contribution in [0, 0.1) is 0 Å². The van der Waals surface area contributed by atoms with Crippen molar-refractivity contribution in [1.82, 2.24) is 0 Å². The summed E-state index contributed by atoms with van der Waals surface area (Å²) < 4.78 is 0. The van der Waals surface area contributed by atoms with Gasteiger partial charge < -0.3 is 0 Å². The molecule has 0 amide bonds. The Hall–Kier alpha value is -0.823. The van der Waals surface area contributed by atoms with E-state index in [9.17, 15) is 0 Å². The SMILES string of the molecule is C[Si](C)(C)c1ccc2c(c1)CC=C2. The molecule has 0 spiro atoms. The highest BCUT2D eigenvalue weighted by Crippen LogP contribution is 2.18. The lowest BCUT2D eigenvalue weighted by molar-refractivity contribution is 1.32. The molecule has 13 heavy (non-hydrogen) atoms. The largest absolute Gasteiger partial charge is 0.0795 e. The smallest absolute Gasteiger partial charge is 0.0776 e. The first-order valence-corrected chi connectivity index (χ1v) is 8.37. The Morgan fingerprint density at radius 1 is 1.15 bits per heavy atom.